The van der Waals surface area contributed by atoms with Crippen molar-refractivity contribution in [1.29, 1.82) is 0 Å². The van der Waals surface area contributed by atoms with Gasteiger partial charge in [-0.25, -0.2) is 8.78 Å². The number of aromatic nitrogens is 2. The molecule has 3 rings (SSSR count). The lowest BCUT2D eigenvalue weighted by atomic mass is 10.2. The predicted molar refractivity (Wildman–Crippen MR) is 72.6 cm³/mol. The molecular weight excluding hydrogens is 262 g/mol. The first-order valence-electron chi connectivity index (χ1n) is 6.16. The fraction of sp³-hybridized carbons (Fsp3) is 0.133. The highest BCUT2D eigenvalue weighted by Crippen LogP contribution is 2.14. The maximum absolute atomic E-state index is 13.2. The van der Waals surface area contributed by atoms with Crippen molar-refractivity contribution in [2.45, 2.75) is 6.54 Å². The number of hydrogen-bond acceptors (Lipinski definition) is 1. The van der Waals surface area contributed by atoms with Gasteiger partial charge in [0.25, 0.3) is 5.56 Å². The summed E-state index contributed by atoms with van der Waals surface area (Å²) < 4.78 is 29.4. The van der Waals surface area contributed by atoms with E-state index in [0.29, 0.717) is 17.5 Å². The molecule has 0 amide bonds. The van der Waals surface area contributed by atoms with Gasteiger partial charge in [0, 0.05) is 7.05 Å². The molecule has 0 atom stereocenters. The standard InChI is InChI=1S/C15H12F2N2O/c1-18-15(20)11-4-2-3-5-14(11)19(18)9-10-6-7-12(16)13(17)8-10/h2-8H,9H2,1H3. The van der Waals surface area contributed by atoms with Gasteiger partial charge in [-0.2, -0.15) is 0 Å². The molecule has 0 aliphatic rings. The molecule has 3 aromatic rings. The Bertz CT molecular complexity index is 849. The number of benzene rings is 2. The molecule has 0 fully saturated rings. The van der Waals surface area contributed by atoms with E-state index in [2.05, 4.69) is 0 Å². The van der Waals surface area contributed by atoms with Crippen molar-refractivity contribution in [3.05, 3.63) is 70.0 Å². The van der Waals surface area contributed by atoms with Crippen molar-refractivity contribution >= 4 is 10.9 Å². The lowest BCUT2D eigenvalue weighted by molar-refractivity contribution is 0.502. The average Bonchev–Trinajstić information content (AvgIpc) is 2.69. The summed E-state index contributed by atoms with van der Waals surface area (Å²) in [5, 5.41) is 0.609. The van der Waals surface area contributed by atoms with E-state index in [-0.39, 0.29) is 5.56 Å². The molecule has 5 heteroatoms. The van der Waals surface area contributed by atoms with Crippen molar-refractivity contribution in [1.82, 2.24) is 9.36 Å². The highest BCUT2D eigenvalue weighted by Gasteiger charge is 2.11. The van der Waals surface area contributed by atoms with Crippen LogP contribution in [0.5, 0.6) is 0 Å². The van der Waals surface area contributed by atoms with E-state index in [0.717, 1.165) is 17.6 Å². The summed E-state index contributed by atoms with van der Waals surface area (Å²) in [5.41, 5.74) is 1.26. The summed E-state index contributed by atoms with van der Waals surface area (Å²) in [4.78, 5) is 12.1. The maximum atomic E-state index is 13.2. The van der Waals surface area contributed by atoms with Crippen LogP contribution in [0.15, 0.2) is 47.3 Å². The molecule has 0 bridgehead atoms. The van der Waals surface area contributed by atoms with Crippen LogP contribution in [0.4, 0.5) is 8.78 Å². The molecule has 0 saturated carbocycles. The molecule has 0 N–H and O–H groups in total. The fourth-order valence-electron chi connectivity index (χ4n) is 2.33. The summed E-state index contributed by atoms with van der Waals surface area (Å²) >= 11 is 0. The van der Waals surface area contributed by atoms with Crippen LogP contribution in [-0.4, -0.2) is 9.36 Å². The van der Waals surface area contributed by atoms with Crippen LogP contribution in [0.1, 0.15) is 5.56 Å². The second-order valence-corrected chi connectivity index (χ2v) is 4.65. The Kier molecular flexibility index (Phi) is 2.89. The lowest BCUT2D eigenvalue weighted by Gasteiger charge is -2.09. The molecule has 3 nitrogen and oxygen atoms in total. The Morgan fingerprint density at radius 1 is 1.05 bits per heavy atom. The number of halogens is 2. The first-order valence-corrected chi connectivity index (χ1v) is 6.16. The van der Waals surface area contributed by atoms with E-state index >= 15 is 0 Å². The van der Waals surface area contributed by atoms with Crippen molar-refractivity contribution in [3.8, 4) is 0 Å². The van der Waals surface area contributed by atoms with Gasteiger partial charge in [0.15, 0.2) is 11.6 Å². The van der Waals surface area contributed by atoms with Gasteiger partial charge in [-0.1, -0.05) is 18.2 Å². The van der Waals surface area contributed by atoms with E-state index < -0.39 is 11.6 Å². The third-order valence-electron chi connectivity index (χ3n) is 3.38. The van der Waals surface area contributed by atoms with Gasteiger partial charge in [0.05, 0.1) is 17.4 Å². The number of rotatable bonds is 2. The van der Waals surface area contributed by atoms with Crippen molar-refractivity contribution in [2.75, 3.05) is 0 Å². The van der Waals surface area contributed by atoms with Gasteiger partial charge >= 0.3 is 0 Å². The summed E-state index contributed by atoms with van der Waals surface area (Å²) in [5.74, 6) is -1.76. The summed E-state index contributed by atoms with van der Waals surface area (Å²) in [6.07, 6.45) is 0. The third kappa shape index (κ3) is 1.91. The number of fused-ring (bicyclic) bond motifs is 1. The van der Waals surface area contributed by atoms with Crippen LogP contribution in [0.3, 0.4) is 0 Å². The molecule has 1 heterocycles. The van der Waals surface area contributed by atoms with Gasteiger partial charge in [0.1, 0.15) is 0 Å². The Balaban J connectivity index is 2.13. The molecule has 0 spiro atoms. The normalized spacial score (nSPS) is 11.2. The summed E-state index contributed by atoms with van der Waals surface area (Å²) in [6, 6.07) is 11.0. The van der Waals surface area contributed by atoms with Crippen molar-refractivity contribution in [3.63, 3.8) is 0 Å². The number of para-hydroxylation sites is 1. The van der Waals surface area contributed by atoms with Crippen LogP contribution in [0, 0.1) is 11.6 Å². The monoisotopic (exact) mass is 274 g/mol. The molecule has 0 radical (unpaired) electrons. The minimum Gasteiger partial charge on any atom is -0.278 e. The van der Waals surface area contributed by atoms with Gasteiger partial charge < -0.3 is 0 Å². The molecule has 1 aromatic heterocycles. The minimum absolute atomic E-state index is 0.108. The average molecular weight is 274 g/mol. The first kappa shape index (κ1) is 12.6. The zero-order chi connectivity index (χ0) is 14.3. The number of hydrogen-bond donors (Lipinski definition) is 0. The zero-order valence-electron chi connectivity index (χ0n) is 10.8. The van der Waals surface area contributed by atoms with E-state index in [1.54, 1.807) is 23.9 Å². The summed E-state index contributed by atoms with van der Waals surface area (Å²) in [7, 11) is 1.65. The molecule has 20 heavy (non-hydrogen) atoms. The molecule has 102 valence electrons. The van der Waals surface area contributed by atoms with Crippen LogP contribution in [0.2, 0.25) is 0 Å². The second kappa shape index (κ2) is 4.59. The topological polar surface area (TPSA) is 26.9 Å². The van der Waals surface area contributed by atoms with E-state index in [1.807, 2.05) is 12.1 Å². The predicted octanol–water partition coefficient (Wildman–Crippen LogP) is 2.67. The van der Waals surface area contributed by atoms with Crippen LogP contribution in [-0.2, 0) is 13.6 Å². The molecular formula is C15H12F2N2O. The van der Waals surface area contributed by atoms with Crippen LogP contribution >= 0.6 is 0 Å². The lowest BCUT2D eigenvalue weighted by Crippen LogP contribution is -2.19. The Hall–Kier alpha value is -2.43. The van der Waals surface area contributed by atoms with E-state index in [4.69, 9.17) is 0 Å². The van der Waals surface area contributed by atoms with Crippen molar-refractivity contribution < 1.29 is 8.78 Å². The number of nitrogens with zero attached hydrogens (tertiary/aromatic N) is 2. The Morgan fingerprint density at radius 3 is 2.55 bits per heavy atom. The molecule has 0 unspecified atom stereocenters. The molecule has 0 aliphatic heterocycles. The molecule has 2 aromatic carbocycles. The summed E-state index contributed by atoms with van der Waals surface area (Å²) in [6.45, 7) is 0.302. The van der Waals surface area contributed by atoms with Crippen LogP contribution in [0.25, 0.3) is 10.9 Å². The van der Waals surface area contributed by atoms with E-state index in [1.165, 1.54) is 10.7 Å². The highest BCUT2D eigenvalue weighted by molar-refractivity contribution is 5.78. The molecule has 0 saturated heterocycles. The highest BCUT2D eigenvalue weighted by atomic mass is 19.2. The second-order valence-electron chi connectivity index (χ2n) is 4.65. The van der Waals surface area contributed by atoms with Gasteiger partial charge in [-0.15, -0.1) is 0 Å². The smallest absolute Gasteiger partial charge is 0.274 e. The molecule has 0 aliphatic carbocycles. The Morgan fingerprint density at radius 2 is 1.80 bits per heavy atom. The minimum atomic E-state index is -0.885. The first-order chi connectivity index (χ1) is 9.58. The van der Waals surface area contributed by atoms with Gasteiger partial charge in [-0.3, -0.25) is 14.2 Å². The van der Waals surface area contributed by atoms with E-state index in [9.17, 15) is 13.6 Å². The Labute approximate surface area is 113 Å². The maximum Gasteiger partial charge on any atom is 0.274 e. The quantitative estimate of drug-likeness (QED) is 0.705. The third-order valence-corrected chi connectivity index (χ3v) is 3.38. The van der Waals surface area contributed by atoms with Gasteiger partial charge in [0.2, 0.25) is 0 Å². The largest absolute Gasteiger partial charge is 0.278 e. The zero-order valence-corrected chi connectivity index (χ0v) is 10.8. The SMILES string of the molecule is Cn1c(=O)c2ccccc2n1Cc1ccc(F)c(F)c1. The van der Waals surface area contributed by atoms with Gasteiger partial charge in [-0.05, 0) is 29.8 Å². The fourth-order valence-corrected chi connectivity index (χ4v) is 2.33. The van der Waals surface area contributed by atoms with Crippen molar-refractivity contribution in [2.24, 2.45) is 7.05 Å². The van der Waals surface area contributed by atoms with Crippen LogP contribution < -0.4 is 5.56 Å².